The lowest BCUT2D eigenvalue weighted by Gasteiger charge is -2.07. The van der Waals surface area contributed by atoms with Gasteiger partial charge in [-0.25, -0.2) is 0 Å². The van der Waals surface area contributed by atoms with Gasteiger partial charge in [-0.2, -0.15) is 0 Å². The van der Waals surface area contributed by atoms with Gasteiger partial charge in [-0.3, -0.25) is 4.98 Å². The van der Waals surface area contributed by atoms with Gasteiger partial charge in [0.15, 0.2) is 0 Å². The van der Waals surface area contributed by atoms with Crippen molar-refractivity contribution in [2.45, 2.75) is 25.9 Å². The fourth-order valence-corrected chi connectivity index (χ4v) is 1.26. The molecular weight excluding hydrogens is 230 g/mol. The van der Waals surface area contributed by atoms with Gasteiger partial charge in [0.1, 0.15) is 0 Å². The zero-order valence-electron chi connectivity index (χ0n) is 7.96. The van der Waals surface area contributed by atoms with Crippen molar-refractivity contribution < 1.29 is 4.74 Å². The lowest BCUT2D eigenvalue weighted by molar-refractivity contribution is 0.111. The Hall–Kier alpha value is -0.410. The van der Waals surface area contributed by atoms with E-state index in [1.807, 2.05) is 18.3 Å². The molecule has 0 bridgehead atoms. The molecule has 0 saturated heterocycles. The maximum atomic E-state index is 5.16. The third-order valence-electron chi connectivity index (χ3n) is 2.00. The first-order chi connectivity index (χ1) is 6.22. The molecule has 0 aliphatic rings. The molecule has 0 fully saturated rings. The van der Waals surface area contributed by atoms with E-state index in [9.17, 15) is 0 Å². The number of pyridine rings is 1. The molecule has 1 aromatic heterocycles. The molecule has 0 spiro atoms. The summed E-state index contributed by atoms with van der Waals surface area (Å²) in [4.78, 5) is 4.28. The van der Waals surface area contributed by atoms with Crippen LogP contribution in [0, 0.1) is 0 Å². The molecule has 72 valence electrons. The van der Waals surface area contributed by atoms with Crippen LogP contribution in [0.15, 0.2) is 22.8 Å². The molecule has 0 radical (unpaired) electrons. The summed E-state index contributed by atoms with van der Waals surface area (Å²) in [5.74, 6) is 0. The number of hydrogen-bond donors (Lipinski definition) is 0. The van der Waals surface area contributed by atoms with Crippen molar-refractivity contribution in [3.63, 3.8) is 0 Å². The number of aryl methyl sites for hydroxylation is 1. The van der Waals surface area contributed by atoms with Gasteiger partial charge in [0, 0.05) is 23.5 Å². The van der Waals surface area contributed by atoms with Crippen LogP contribution in [0.4, 0.5) is 0 Å². The van der Waals surface area contributed by atoms with E-state index >= 15 is 0 Å². The molecule has 0 amide bonds. The van der Waals surface area contributed by atoms with E-state index in [0.717, 1.165) is 23.0 Å². The second-order valence-electron chi connectivity index (χ2n) is 3.05. The molecule has 3 heteroatoms. The maximum absolute atomic E-state index is 5.16. The van der Waals surface area contributed by atoms with Gasteiger partial charge in [-0.15, -0.1) is 0 Å². The van der Waals surface area contributed by atoms with Gasteiger partial charge >= 0.3 is 0 Å². The summed E-state index contributed by atoms with van der Waals surface area (Å²) < 4.78 is 6.18. The van der Waals surface area contributed by atoms with Crippen molar-refractivity contribution in [1.29, 1.82) is 0 Å². The summed E-state index contributed by atoms with van der Waals surface area (Å²) >= 11 is 3.35. The fourth-order valence-electron chi connectivity index (χ4n) is 1.02. The van der Waals surface area contributed by atoms with Gasteiger partial charge in [-0.1, -0.05) is 0 Å². The van der Waals surface area contributed by atoms with Crippen LogP contribution in [0.1, 0.15) is 19.0 Å². The largest absolute Gasteiger partial charge is 0.382 e. The molecule has 1 heterocycles. The Kier molecular flexibility index (Phi) is 4.39. The third-order valence-corrected chi connectivity index (χ3v) is 2.47. The highest BCUT2D eigenvalue weighted by Crippen LogP contribution is 2.09. The lowest BCUT2D eigenvalue weighted by Crippen LogP contribution is -2.06. The summed E-state index contributed by atoms with van der Waals surface area (Å²) in [6.07, 6.45) is 4.13. The standard InChI is InChI=1S/C10H14BrNO/c1-8(13-2)3-5-10-6-4-9(11)7-12-10/h4,6-8H,3,5H2,1-2H3. The number of methoxy groups -OCH3 is 1. The Bertz CT molecular complexity index is 248. The molecule has 13 heavy (non-hydrogen) atoms. The van der Waals surface area contributed by atoms with Crippen molar-refractivity contribution in [3.8, 4) is 0 Å². The van der Waals surface area contributed by atoms with E-state index in [1.54, 1.807) is 7.11 Å². The van der Waals surface area contributed by atoms with E-state index < -0.39 is 0 Å². The molecular formula is C10H14BrNO. The quantitative estimate of drug-likeness (QED) is 0.812. The number of ether oxygens (including phenoxy) is 1. The van der Waals surface area contributed by atoms with Crippen LogP contribution in [0.5, 0.6) is 0 Å². The molecule has 0 aliphatic heterocycles. The molecule has 1 rings (SSSR count). The van der Waals surface area contributed by atoms with Gasteiger partial charge in [0.05, 0.1) is 6.10 Å². The van der Waals surface area contributed by atoms with Crippen molar-refractivity contribution in [1.82, 2.24) is 4.98 Å². The Morgan fingerprint density at radius 2 is 2.31 bits per heavy atom. The van der Waals surface area contributed by atoms with Gasteiger partial charge in [0.2, 0.25) is 0 Å². The topological polar surface area (TPSA) is 22.1 Å². The molecule has 1 unspecified atom stereocenters. The Labute approximate surface area is 87.5 Å². The molecule has 1 aromatic rings. The normalized spacial score (nSPS) is 12.8. The van der Waals surface area contributed by atoms with Crippen molar-refractivity contribution in [2.24, 2.45) is 0 Å². The highest BCUT2D eigenvalue weighted by atomic mass is 79.9. The second kappa shape index (κ2) is 5.35. The Morgan fingerprint density at radius 1 is 1.54 bits per heavy atom. The number of hydrogen-bond acceptors (Lipinski definition) is 2. The van der Waals surface area contributed by atoms with Crippen LogP contribution in [0.3, 0.4) is 0 Å². The first kappa shape index (κ1) is 10.7. The Balaban J connectivity index is 2.41. The number of halogens is 1. The van der Waals surface area contributed by atoms with E-state index in [1.165, 1.54) is 0 Å². The predicted molar refractivity (Wildman–Crippen MR) is 56.7 cm³/mol. The van der Waals surface area contributed by atoms with Crippen LogP contribution < -0.4 is 0 Å². The Morgan fingerprint density at radius 3 is 2.85 bits per heavy atom. The van der Waals surface area contributed by atoms with Crippen LogP contribution in [0.2, 0.25) is 0 Å². The molecule has 0 aromatic carbocycles. The smallest absolute Gasteiger partial charge is 0.0547 e. The van der Waals surface area contributed by atoms with Crippen molar-refractivity contribution >= 4 is 15.9 Å². The summed E-state index contributed by atoms with van der Waals surface area (Å²) in [6, 6.07) is 4.05. The van der Waals surface area contributed by atoms with E-state index in [0.29, 0.717) is 6.10 Å². The number of rotatable bonds is 4. The SMILES string of the molecule is COC(C)CCc1ccc(Br)cn1. The highest BCUT2D eigenvalue weighted by molar-refractivity contribution is 9.10. The van der Waals surface area contributed by atoms with Crippen molar-refractivity contribution in [3.05, 3.63) is 28.5 Å². The van der Waals surface area contributed by atoms with Gasteiger partial charge in [0.25, 0.3) is 0 Å². The third kappa shape index (κ3) is 3.87. The van der Waals surface area contributed by atoms with Crippen LogP contribution in [-0.2, 0) is 11.2 Å². The summed E-state index contributed by atoms with van der Waals surface area (Å²) in [6.45, 7) is 2.07. The first-order valence-electron chi connectivity index (χ1n) is 4.35. The van der Waals surface area contributed by atoms with Gasteiger partial charge < -0.3 is 4.74 Å². The monoisotopic (exact) mass is 243 g/mol. The summed E-state index contributed by atoms with van der Waals surface area (Å²) in [5.41, 5.74) is 1.12. The zero-order chi connectivity index (χ0) is 9.68. The average molecular weight is 244 g/mol. The molecule has 0 N–H and O–H groups in total. The van der Waals surface area contributed by atoms with E-state index in [2.05, 4.69) is 27.8 Å². The van der Waals surface area contributed by atoms with Gasteiger partial charge in [-0.05, 0) is 47.8 Å². The summed E-state index contributed by atoms with van der Waals surface area (Å²) in [5, 5.41) is 0. The lowest BCUT2D eigenvalue weighted by atomic mass is 10.1. The van der Waals surface area contributed by atoms with E-state index in [4.69, 9.17) is 4.74 Å². The molecule has 1 atom stereocenters. The molecule has 2 nitrogen and oxygen atoms in total. The fraction of sp³-hybridized carbons (Fsp3) is 0.500. The van der Waals surface area contributed by atoms with E-state index in [-0.39, 0.29) is 0 Å². The zero-order valence-corrected chi connectivity index (χ0v) is 9.54. The molecule has 0 aliphatic carbocycles. The number of aromatic nitrogens is 1. The minimum absolute atomic E-state index is 0.311. The minimum atomic E-state index is 0.311. The maximum Gasteiger partial charge on any atom is 0.0547 e. The highest BCUT2D eigenvalue weighted by Gasteiger charge is 2.00. The minimum Gasteiger partial charge on any atom is -0.382 e. The van der Waals surface area contributed by atoms with Crippen molar-refractivity contribution in [2.75, 3.05) is 7.11 Å². The van der Waals surface area contributed by atoms with Crippen LogP contribution in [0.25, 0.3) is 0 Å². The number of nitrogens with zero attached hydrogens (tertiary/aromatic N) is 1. The average Bonchev–Trinajstić information content (AvgIpc) is 2.16. The first-order valence-corrected chi connectivity index (χ1v) is 5.15. The summed E-state index contributed by atoms with van der Waals surface area (Å²) in [7, 11) is 1.74. The van der Waals surface area contributed by atoms with Crippen LogP contribution in [-0.4, -0.2) is 18.2 Å². The molecule has 0 saturated carbocycles. The van der Waals surface area contributed by atoms with Crippen LogP contribution >= 0.6 is 15.9 Å². The predicted octanol–water partition coefficient (Wildman–Crippen LogP) is 2.81. The second-order valence-corrected chi connectivity index (χ2v) is 3.97.